The molecular weight excluding hydrogens is 262 g/mol. The lowest BCUT2D eigenvalue weighted by atomic mass is 10.0. The van der Waals surface area contributed by atoms with Crippen LogP contribution in [0.15, 0.2) is 24.3 Å². The van der Waals surface area contributed by atoms with E-state index in [1.807, 2.05) is 31.2 Å². The van der Waals surface area contributed by atoms with Gasteiger partial charge in [-0.25, -0.2) is 0 Å². The van der Waals surface area contributed by atoms with Gasteiger partial charge in [-0.1, -0.05) is 30.2 Å². The molecule has 1 aromatic rings. The fourth-order valence-corrected chi connectivity index (χ4v) is 2.64. The molecule has 2 rings (SSSR count). The van der Waals surface area contributed by atoms with Crippen molar-refractivity contribution in [2.75, 3.05) is 13.2 Å². The summed E-state index contributed by atoms with van der Waals surface area (Å²) < 4.78 is 5.17. The molecule has 104 valence electrons. The van der Waals surface area contributed by atoms with Crippen molar-refractivity contribution in [1.29, 1.82) is 0 Å². The normalized spacial score (nSPS) is 20.2. The predicted molar refractivity (Wildman–Crippen MR) is 76.1 cm³/mol. The first kappa shape index (κ1) is 14.4. The number of benzene rings is 1. The van der Waals surface area contributed by atoms with Gasteiger partial charge < -0.3 is 4.74 Å². The van der Waals surface area contributed by atoms with E-state index in [-0.39, 0.29) is 12.0 Å². The summed E-state index contributed by atoms with van der Waals surface area (Å²) in [7, 11) is 0. The van der Waals surface area contributed by atoms with Crippen molar-refractivity contribution >= 4 is 17.6 Å². The lowest BCUT2D eigenvalue weighted by Gasteiger charge is -2.33. The smallest absolute Gasteiger partial charge is 0.323 e. The van der Waals surface area contributed by atoms with E-state index in [0.29, 0.717) is 6.61 Å². The van der Waals surface area contributed by atoms with Crippen LogP contribution in [0.5, 0.6) is 0 Å². The van der Waals surface area contributed by atoms with Gasteiger partial charge in [0, 0.05) is 11.6 Å². The maximum Gasteiger partial charge on any atom is 0.323 e. The lowest BCUT2D eigenvalue weighted by Crippen LogP contribution is -2.44. The van der Waals surface area contributed by atoms with Gasteiger partial charge in [0.2, 0.25) is 0 Å². The Morgan fingerprint density at radius 2 is 2.11 bits per heavy atom. The minimum absolute atomic E-state index is 0.0869. The summed E-state index contributed by atoms with van der Waals surface area (Å²) in [6.07, 6.45) is 3.14. The maximum absolute atomic E-state index is 12.0. The number of ether oxygens (including phenoxy) is 1. The Hall–Kier alpha value is -1.06. The Labute approximate surface area is 119 Å². The Balaban J connectivity index is 2.03. The fourth-order valence-electron chi connectivity index (χ4n) is 2.51. The van der Waals surface area contributed by atoms with Gasteiger partial charge in [-0.2, -0.15) is 0 Å². The molecule has 1 aliphatic heterocycles. The molecule has 1 atom stereocenters. The molecule has 1 saturated heterocycles. The van der Waals surface area contributed by atoms with E-state index in [9.17, 15) is 4.79 Å². The van der Waals surface area contributed by atoms with Crippen molar-refractivity contribution in [2.45, 2.75) is 38.8 Å². The third-order valence-corrected chi connectivity index (χ3v) is 3.72. The van der Waals surface area contributed by atoms with E-state index in [1.54, 1.807) is 0 Å². The molecule has 0 spiro atoms. The fraction of sp³-hybridized carbons (Fsp3) is 0.533. The first-order valence-electron chi connectivity index (χ1n) is 6.86. The summed E-state index contributed by atoms with van der Waals surface area (Å²) in [5.41, 5.74) is 1.18. The number of likely N-dealkylation sites (tertiary alicyclic amines) is 1. The highest BCUT2D eigenvalue weighted by Gasteiger charge is 2.29. The molecule has 1 fully saturated rings. The van der Waals surface area contributed by atoms with E-state index in [2.05, 4.69) is 4.90 Å². The Kier molecular flexibility index (Phi) is 5.23. The van der Waals surface area contributed by atoms with Gasteiger partial charge in [0.15, 0.2) is 0 Å². The van der Waals surface area contributed by atoms with Gasteiger partial charge in [0.25, 0.3) is 0 Å². The highest BCUT2D eigenvalue weighted by atomic mass is 35.5. The van der Waals surface area contributed by atoms with Crippen LogP contribution < -0.4 is 0 Å². The average molecular weight is 282 g/mol. The predicted octanol–water partition coefficient (Wildman–Crippen LogP) is 3.26. The van der Waals surface area contributed by atoms with E-state index in [0.717, 1.165) is 37.4 Å². The molecule has 0 radical (unpaired) electrons. The molecule has 0 amide bonds. The van der Waals surface area contributed by atoms with Gasteiger partial charge in [-0.15, -0.1) is 0 Å². The van der Waals surface area contributed by atoms with Crippen molar-refractivity contribution in [1.82, 2.24) is 4.90 Å². The number of halogens is 1. The molecule has 4 heteroatoms. The number of esters is 1. The number of piperidine rings is 1. The molecule has 0 N–H and O–H groups in total. The van der Waals surface area contributed by atoms with Gasteiger partial charge in [-0.05, 0) is 44.0 Å². The molecule has 0 aromatic heterocycles. The van der Waals surface area contributed by atoms with E-state index >= 15 is 0 Å². The summed E-state index contributed by atoms with van der Waals surface area (Å²) in [4.78, 5) is 14.2. The van der Waals surface area contributed by atoms with E-state index < -0.39 is 0 Å². The molecule has 0 saturated carbocycles. The third kappa shape index (κ3) is 3.95. The van der Waals surface area contributed by atoms with Crippen LogP contribution in [0.2, 0.25) is 5.02 Å². The molecule has 3 nitrogen and oxygen atoms in total. The van der Waals surface area contributed by atoms with Crippen molar-refractivity contribution < 1.29 is 9.53 Å². The van der Waals surface area contributed by atoms with Crippen LogP contribution in [0, 0.1) is 0 Å². The summed E-state index contributed by atoms with van der Waals surface area (Å²) in [5.74, 6) is -0.0869. The highest BCUT2D eigenvalue weighted by molar-refractivity contribution is 6.30. The number of rotatable bonds is 4. The van der Waals surface area contributed by atoms with Crippen LogP contribution in [-0.2, 0) is 16.1 Å². The molecule has 0 unspecified atom stereocenters. The lowest BCUT2D eigenvalue weighted by molar-refractivity contribution is -0.151. The number of hydrogen-bond acceptors (Lipinski definition) is 3. The SMILES string of the molecule is CCOC(=O)[C@@H]1CCCCN1Cc1ccc(Cl)cc1. The van der Waals surface area contributed by atoms with Crippen molar-refractivity contribution in [3.63, 3.8) is 0 Å². The number of hydrogen-bond donors (Lipinski definition) is 0. The van der Waals surface area contributed by atoms with Crippen LogP contribution in [0.3, 0.4) is 0 Å². The summed E-state index contributed by atoms with van der Waals surface area (Å²) in [6, 6.07) is 7.71. The van der Waals surface area contributed by atoms with Gasteiger partial charge in [0.1, 0.15) is 6.04 Å². The standard InChI is InChI=1S/C15H20ClNO2/c1-2-19-15(18)14-5-3-4-10-17(14)11-12-6-8-13(16)9-7-12/h6-9,14H,2-5,10-11H2,1H3/t14-/m0/s1. The number of carbonyl (C=O) groups is 1. The van der Waals surface area contributed by atoms with Gasteiger partial charge >= 0.3 is 5.97 Å². The van der Waals surface area contributed by atoms with E-state index in [1.165, 1.54) is 5.56 Å². The molecule has 0 aliphatic carbocycles. The van der Waals surface area contributed by atoms with Crippen LogP contribution in [-0.4, -0.2) is 30.1 Å². The van der Waals surface area contributed by atoms with Crippen LogP contribution in [0.1, 0.15) is 31.7 Å². The zero-order valence-electron chi connectivity index (χ0n) is 11.3. The quantitative estimate of drug-likeness (QED) is 0.794. The number of carbonyl (C=O) groups excluding carboxylic acids is 1. The topological polar surface area (TPSA) is 29.5 Å². The Bertz CT molecular complexity index is 419. The van der Waals surface area contributed by atoms with Gasteiger partial charge in [0.05, 0.1) is 6.61 Å². The minimum Gasteiger partial charge on any atom is -0.465 e. The minimum atomic E-state index is -0.0932. The molecule has 1 heterocycles. The molecular formula is C15H20ClNO2. The molecule has 1 aromatic carbocycles. The monoisotopic (exact) mass is 281 g/mol. The second kappa shape index (κ2) is 6.92. The molecule has 19 heavy (non-hydrogen) atoms. The first-order valence-corrected chi connectivity index (χ1v) is 7.23. The second-order valence-electron chi connectivity index (χ2n) is 4.86. The summed E-state index contributed by atoms with van der Waals surface area (Å²) in [5, 5.41) is 0.740. The Morgan fingerprint density at radius 3 is 2.79 bits per heavy atom. The maximum atomic E-state index is 12.0. The second-order valence-corrected chi connectivity index (χ2v) is 5.30. The Morgan fingerprint density at radius 1 is 1.37 bits per heavy atom. The van der Waals surface area contributed by atoms with Crippen molar-refractivity contribution in [3.8, 4) is 0 Å². The van der Waals surface area contributed by atoms with Crippen LogP contribution >= 0.6 is 11.6 Å². The summed E-state index contributed by atoms with van der Waals surface area (Å²) >= 11 is 5.89. The van der Waals surface area contributed by atoms with E-state index in [4.69, 9.17) is 16.3 Å². The van der Waals surface area contributed by atoms with Crippen molar-refractivity contribution in [2.24, 2.45) is 0 Å². The number of nitrogens with zero attached hydrogens (tertiary/aromatic N) is 1. The first-order chi connectivity index (χ1) is 9.20. The summed E-state index contributed by atoms with van der Waals surface area (Å²) in [6.45, 7) is 4.03. The zero-order chi connectivity index (χ0) is 13.7. The molecule has 1 aliphatic rings. The highest BCUT2D eigenvalue weighted by Crippen LogP contribution is 2.21. The third-order valence-electron chi connectivity index (χ3n) is 3.47. The average Bonchev–Trinajstić information content (AvgIpc) is 2.42. The van der Waals surface area contributed by atoms with Crippen LogP contribution in [0.4, 0.5) is 0 Å². The van der Waals surface area contributed by atoms with Crippen molar-refractivity contribution in [3.05, 3.63) is 34.9 Å². The largest absolute Gasteiger partial charge is 0.465 e. The van der Waals surface area contributed by atoms with Gasteiger partial charge in [-0.3, -0.25) is 9.69 Å². The van der Waals surface area contributed by atoms with Crippen LogP contribution in [0.25, 0.3) is 0 Å². The molecule has 0 bridgehead atoms. The zero-order valence-corrected chi connectivity index (χ0v) is 12.0.